The van der Waals surface area contributed by atoms with Crippen LogP contribution in [0.2, 0.25) is 5.02 Å². The van der Waals surface area contributed by atoms with E-state index in [2.05, 4.69) is 10.6 Å². The van der Waals surface area contributed by atoms with Gasteiger partial charge in [-0.25, -0.2) is 4.79 Å². The largest absolute Gasteiger partial charge is 0.327 e. The molecule has 8 nitrogen and oxygen atoms in total. The van der Waals surface area contributed by atoms with Crippen LogP contribution in [-0.4, -0.2) is 28.8 Å². The third-order valence-electron chi connectivity index (χ3n) is 4.54. The van der Waals surface area contributed by atoms with E-state index in [0.29, 0.717) is 22.0 Å². The molecule has 2 aromatic rings. The van der Waals surface area contributed by atoms with E-state index in [0.717, 1.165) is 0 Å². The minimum absolute atomic E-state index is 0.130. The number of hydrogen-bond donors (Lipinski definition) is 2. The van der Waals surface area contributed by atoms with E-state index < -0.39 is 22.9 Å². The molecule has 1 atom stereocenters. The van der Waals surface area contributed by atoms with Crippen molar-refractivity contribution in [2.45, 2.75) is 13.0 Å². The number of benzene rings is 2. The average Bonchev–Trinajstić information content (AvgIpc) is 2.67. The van der Waals surface area contributed by atoms with E-state index in [-0.39, 0.29) is 11.3 Å². The van der Waals surface area contributed by atoms with Crippen molar-refractivity contribution in [1.29, 1.82) is 0 Å². The number of nitro benzene ring substituents is 1. The molecule has 0 bridgehead atoms. The van der Waals surface area contributed by atoms with Gasteiger partial charge in [0.1, 0.15) is 0 Å². The van der Waals surface area contributed by atoms with Gasteiger partial charge < -0.3 is 15.5 Å². The van der Waals surface area contributed by atoms with Gasteiger partial charge in [0.2, 0.25) is 0 Å². The summed E-state index contributed by atoms with van der Waals surface area (Å²) in [5.74, 6) is -0.464. The molecule has 0 saturated carbocycles. The molecule has 0 saturated heterocycles. The van der Waals surface area contributed by atoms with Gasteiger partial charge in [-0.15, -0.1) is 0 Å². The number of nitro groups is 1. The lowest BCUT2D eigenvalue weighted by Crippen LogP contribution is -2.46. The van der Waals surface area contributed by atoms with E-state index in [1.165, 1.54) is 30.1 Å². The van der Waals surface area contributed by atoms with Crippen LogP contribution in [0.25, 0.3) is 0 Å². The van der Waals surface area contributed by atoms with E-state index in [4.69, 9.17) is 11.6 Å². The highest BCUT2D eigenvalue weighted by Crippen LogP contribution is 2.32. The predicted molar refractivity (Wildman–Crippen MR) is 105 cm³/mol. The summed E-state index contributed by atoms with van der Waals surface area (Å²) in [5.41, 5.74) is 1.42. The highest BCUT2D eigenvalue weighted by Gasteiger charge is 2.34. The first kappa shape index (κ1) is 19.4. The summed E-state index contributed by atoms with van der Waals surface area (Å²) in [6, 6.07) is 11.3. The monoisotopic (exact) mass is 400 g/mol. The lowest BCUT2D eigenvalue weighted by Gasteiger charge is -2.33. The van der Waals surface area contributed by atoms with E-state index in [9.17, 15) is 19.7 Å². The van der Waals surface area contributed by atoms with Gasteiger partial charge in [-0.05, 0) is 24.6 Å². The number of carbonyl (C=O) groups is 2. The van der Waals surface area contributed by atoms with Crippen molar-refractivity contribution in [3.8, 4) is 0 Å². The lowest BCUT2D eigenvalue weighted by molar-refractivity contribution is -0.384. The van der Waals surface area contributed by atoms with Gasteiger partial charge in [-0.3, -0.25) is 14.9 Å². The number of anilines is 1. The number of rotatable bonds is 4. The predicted octanol–water partition coefficient (Wildman–Crippen LogP) is 3.86. The molecule has 1 heterocycles. The number of para-hydroxylation sites is 1. The molecule has 0 radical (unpaired) electrons. The number of hydrogen-bond acceptors (Lipinski definition) is 4. The maximum atomic E-state index is 13.0. The number of urea groups is 1. The molecule has 0 fully saturated rings. The van der Waals surface area contributed by atoms with Crippen molar-refractivity contribution in [3.05, 3.63) is 80.5 Å². The molecule has 9 heteroatoms. The number of non-ortho nitro benzene ring substituents is 1. The van der Waals surface area contributed by atoms with Gasteiger partial charge in [0.15, 0.2) is 0 Å². The number of halogens is 1. The summed E-state index contributed by atoms with van der Waals surface area (Å²) < 4.78 is 0. The van der Waals surface area contributed by atoms with E-state index in [1.54, 1.807) is 37.3 Å². The van der Waals surface area contributed by atoms with E-state index >= 15 is 0 Å². The first-order valence-electron chi connectivity index (χ1n) is 8.35. The van der Waals surface area contributed by atoms with Crippen molar-refractivity contribution < 1.29 is 14.5 Å². The van der Waals surface area contributed by atoms with Crippen LogP contribution < -0.4 is 10.6 Å². The molecule has 28 heavy (non-hydrogen) atoms. The van der Waals surface area contributed by atoms with Crippen LogP contribution in [-0.2, 0) is 4.79 Å². The molecule has 0 spiro atoms. The Morgan fingerprint density at radius 2 is 1.96 bits per heavy atom. The Labute approximate surface area is 165 Å². The molecule has 3 rings (SSSR count). The Morgan fingerprint density at radius 3 is 2.64 bits per heavy atom. The maximum Gasteiger partial charge on any atom is 0.322 e. The fourth-order valence-electron chi connectivity index (χ4n) is 2.95. The van der Waals surface area contributed by atoms with Gasteiger partial charge in [0.05, 0.1) is 27.2 Å². The quantitative estimate of drug-likeness (QED) is 0.600. The Balaban J connectivity index is 2.04. The Morgan fingerprint density at radius 1 is 1.25 bits per heavy atom. The molecule has 2 aromatic carbocycles. The zero-order valence-corrected chi connectivity index (χ0v) is 15.9. The third-order valence-corrected chi connectivity index (χ3v) is 4.86. The topological polar surface area (TPSA) is 105 Å². The van der Waals surface area contributed by atoms with Gasteiger partial charge in [-0.2, -0.15) is 0 Å². The van der Waals surface area contributed by atoms with Crippen LogP contribution in [0.1, 0.15) is 18.5 Å². The van der Waals surface area contributed by atoms with Gasteiger partial charge in [0, 0.05) is 24.9 Å². The zero-order chi connectivity index (χ0) is 20.4. The van der Waals surface area contributed by atoms with Crippen molar-refractivity contribution >= 4 is 34.9 Å². The Bertz CT molecular complexity index is 1000. The van der Waals surface area contributed by atoms with Gasteiger partial charge >= 0.3 is 6.03 Å². The minimum Gasteiger partial charge on any atom is -0.327 e. The SMILES string of the molecule is CC1=C(C(=O)Nc2ccccc2Cl)C(c2cccc([N+](=O)[O-])c2)NC(=O)N1C. The Hall–Kier alpha value is -3.39. The van der Waals surface area contributed by atoms with Gasteiger partial charge in [0.25, 0.3) is 11.6 Å². The molecular formula is C19H17ClN4O4. The van der Waals surface area contributed by atoms with Crippen LogP contribution in [0.4, 0.5) is 16.2 Å². The van der Waals surface area contributed by atoms with Crippen LogP contribution in [0.5, 0.6) is 0 Å². The Kier molecular flexibility index (Phi) is 5.32. The van der Waals surface area contributed by atoms with Crippen molar-refractivity contribution in [2.75, 3.05) is 12.4 Å². The third kappa shape index (κ3) is 3.67. The first-order chi connectivity index (χ1) is 13.3. The summed E-state index contributed by atoms with van der Waals surface area (Å²) in [5, 5.41) is 16.9. The molecule has 3 amide bonds. The fourth-order valence-corrected chi connectivity index (χ4v) is 3.13. The van der Waals surface area contributed by atoms with Crippen molar-refractivity contribution in [1.82, 2.24) is 10.2 Å². The standard InChI is InChI=1S/C19H17ClN4O4/c1-11-16(18(25)21-15-9-4-3-8-14(15)20)17(22-19(26)23(11)2)12-6-5-7-13(10-12)24(27)28/h3-10,17H,1-2H3,(H,21,25)(H,22,26). The summed E-state index contributed by atoms with van der Waals surface area (Å²) in [6.45, 7) is 1.64. The van der Waals surface area contributed by atoms with Crippen molar-refractivity contribution in [3.63, 3.8) is 0 Å². The zero-order valence-electron chi connectivity index (χ0n) is 15.1. The van der Waals surface area contributed by atoms with Crippen LogP contribution in [0.15, 0.2) is 59.8 Å². The average molecular weight is 401 g/mol. The molecule has 1 unspecified atom stereocenters. The minimum atomic E-state index is -0.842. The lowest BCUT2D eigenvalue weighted by atomic mass is 9.94. The molecule has 1 aliphatic heterocycles. The summed E-state index contributed by atoms with van der Waals surface area (Å²) in [4.78, 5) is 37.2. The van der Waals surface area contributed by atoms with E-state index in [1.807, 2.05) is 0 Å². The molecule has 1 aliphatic rings. The normalized spacial score (nSPS) is 16.6. The maximum absolute atomic E-state index is 13.0. The summed E-state index contributed by atoms with van der Waals surface area (Å²) in [7, 11) is 1.54. The second-order valence-electron chi connectivity index (χ2n) is 6.23. The second kappa shape index (κ2) is 7.69. The first-order valence-corrected chi connectivity index (χ1v) is 8.72. The highest BCUT2D eigenvalue weighted by molar-refractivity contribution is 6.33. The summed E-state index contributed by atoms with van der Waals surface area (Å²) >= 11 is 6.12. The number of nitrogens with zero attached hydrogens (tertiary/aromatic N) is 2. The van der Waals surface area contributed by atoms with Crippen LogP contribution in [0.3, 0.4) is 0 Å². The highest BCUT2D eigenvalue weighted by atomic mass is 35.5. The van der Waals surface area contributed by atoms with Crippen molar-refractivity contribution in [2.24, 2.45) is 0 Å². The number of amides is 3. The molecule has 0 aliphatic carbocycles. The number of nitrogens with one attached hydrogen (secondary N) is 2. The van der Waals surface area contributed by atoms with Gasteiger partial charge in [-0.1, -0.05) is 35.9 Å². The van der Waals surface area contributed by atoms with Crippen LogP contribution in [0, 0.1) is 10.1 Å². The second-order valence-corrected chi connectivity index (χ2v) is 6.63. The molecule has 144 valence electrons. The smallest absolute Gasteiger partial charge is 0.322 e. The van der Waals surface area contributed by atoms with Crippen LogP contribution >= 0.6 is 11.6 Å². The number of carbonyl (C=O) groups excluding carboxylic acids is 2. The molecular weight excluding hydrogens is 384 g/mol. The fraction of sp³-hybridized carbons (Fsp3) is 0.158. The summed E-state index contributed by atoms with van der Waals surface area (Å²) in [6.07, 6.45) is 0. The molecule has 0 aromatic heterocycles. The number of allylic oxidation sites excluding steroid dienone is 1. The molecule has 2 N–H and O–H groups in total.